The van der Waals surface area contributed by atoms with Gasteiger partial charge in [-0.05, 0) is 74.8 Å². The van der Waals surface area contributed by atoms with Gasteiger partial charge in [-0.15, -0.1) is 0 Å². The van der Waals surface area contributed by atoms with Crippen molar-refractivity contribution in [3.05, 3.63) is 152 Å². The Bertz CT molecular complexity index is 3170. The molecule has 0 aliphatic heterocycles. The van der Waals surface area contributed by atoms with Crippen LogP contribution in [0.1, 0.15) is 0 Å². The Labute approximate surface area is 285 Å². The molecular formula is C45H25N3O2. The highest BCUT2D eigenvalue weighted by Crippen LogP contribution is 2.40. The third kappa shape index (κ3) is 3.98. The maximum atomic E-state index is 6.34. The summed E-state index contributed by atoms with van der Waals surface area (Å²) in [6, 6.07) is 52.2. The van der Waals surface area contributed by atoms with Gasteiger partial charge in [0.1, 0.15) is 22.3 Å². The summed E-state index contributed by atoms with van der Waals surface area (Å²) in [7, 11) is 0. The highest BCUT2D eigenvalue weighted by molar-refractivity contribution is 6.19. The molecule has 0 fully saturated rings. The summed E-state index contributed by atoms with van der Waals surface area (Å²) in [5.74, 6) is 1.78. The zero-order valence-corrected chi connectivity index (χ0v) is 26.6. The van der Waals surface area contributed by atoms with Crippen molar-refractivity contribution in [3.63, 3.8) is 0 Å². The molecule has 11 aromatic rings. The number of aromatic nitrogens is 3. The predicted molar refractivity (Wildman–Crippen MR) is 203 cm³/mol. The molecule has 3 aromatic heterocycles. The molecule has 0 unspecified atom stereocenters. The zero-order valence-electron chi connectivity index (χ0n) is 26.6. The second-order valence-electron chi connectivity index (χ2n) is 12.7. The van der Waals surface area contributed by atoms with Gasteiger partial charge in [-0.3, -0.25) is 0 Å². The lowest BCUT2D eigenvalue weighted by Gasteiger charge is -2.13. The number of furan rings is 2. The van der Waals surface area contributed by atoms with E-state index in [4.69, 9.17) is 23.8 Å². The van der Waals surface area contributed by atoms with E-state index >= 15 is 0 Å². The molecule has 0 saturated carbocycles. The largest absolute Gasteiger partial charge is 0.456 e. The van der Waals surface area contributed by atoms with E-state index in [9.17, 15) is 0 Å². The average Bonchev–Trinajstić information content (AvgIpc) is 3.76. The molecule has 0 radical (unpaired) electrons. The van der Waals surface area contributed by atoms with E-state index in [0.29, 0.717) is 17.5 Å². The molecule has 0 spiro atoms. The molecule has 3 heterocycles. The van der Waals surface area contributed by atoms with E-state index in [-0.39, 0.29) is 0 Å². The maximum absolute atomic E-state index is 6.34. The first-order chi connectivity index (χ1) is 24.8. The Morgan fingerprint density at radius 1 is 0.320 bits per heavy atom. The molecule has 0 bridgehead atoms. The Balaban J connectivity index is 1.23. The number of benzene rings is 8. The van der Waals surface area contributed by atoms with Gasteiger partial charge in [-0.2, -0.15) is 0 Å². The number of nitrogens with zero attached hydrogens (tertiary/aromatic N) is 3. The summed E-state index contributed by atoms with van der Waals surface area (Å²) < 4.78 is 12.6. The van der Waals surface area contributed by atoms with Crippen LogP contribution in [-0.2, 0) is 0 Å². The summed E-state index contributed by atoms with van der Waals surface area (Å²) in [6.45, 7) is 0. The fourth-order valence-corrected chi connectivity index (χ4v) is 7.63. The Kier molecular flexibility index (Phi) is 5.60. The van der Waals surface area contributed by atoms with Crippen molar-refractivity contribution in [1.82, 2.24) is 15.0 Å². The number of rotatable bonds is 3. The maximum Gasteiger partial charge on any atom is 0.164 e. The van der Waals surface area contributed by atoms with Crippen molar-refractivity contribution in [2.75, 3.05) is 0 Å². The molecule has 0 aliphatic rings. The van der Waals surface area contributed by atoms with Crippen molar-refractivity contribution in [2.24, 2.45) is 0 Å². The van der Waals surface area contributed by atoms with Crippen LogP contribution < -0.4 is 0 Å². The highest BCUT2D eigenvalue weighted by atomic mass is 16.3. The lowest BCUT2D eigenvalue weighted by atomic mass is 9.96. The second kappa shape index (κ2) is 10.3. The topological polar surface area (TPSA) is 65.0 Å². The van der Waals surface area contributed by atoms with Gasteiger partial charge in [0.05, 0.1) is 0 Å². The molecule has 0 N–H and O–H groups in total. The van der Waals surface area contributed by atoms with E-state index < -0.39 is 0 Å². The minimum atomic E-state index is 0.585. The van der Waals surface area contributed by atoms with Crippen LogP contribution in [-0.4, -0.2) is 15.0 Å². The summed E-state index contributed by atoms with van der Waals surface area (Å²) >= 11 is 0. The van der Waals surface area contributed by atoms with Gasteiger partial charge in [-0.25, -0.2) is 15.0 Å². The van der Waals surface area contributed by atoms with Crippen LogP contribution in [0.3, 0.4) is 0 Å². The second-order valence-corrected chi connectivity index (χ2v) is 12.7. The Morgan fingerprint density at radius 3 is 1.78 bits per heavy atom. The van der Waals surface area contributed by atoms with Crippen LogP contribution in [0.4, 0.5) is 0 Å². The standard InChI is InChI=1S/C45H25N3O2/c1-4-13-30-26(10-1)20-23-40-41(30)36-25-28(21-22-38(36)50-40)43-46-44(34-17-9-19-39-42(34)33-16-7-8-18-37(33)49-39)48-45(47-43)35-24-27-11-2-3-12-29(27)31-14-5-6-15-32(31)35/h1-25H. The van der Waals surface area contributed by atoms with Crippen LogP contribution in [0.5, 0.6) is 0 Å². The van der Waals surface area contributed by atoms with Gasteiger partial charge < -0.3 is 8.83 Å². The molecule has 11 rings (SSSR count). The highest BCUT2D eigenvalue weighted by Gasteiger charge is 2.20. The fourth-order valence-electron chi connectivity index (χ4n) is 7.63. The number of hydrogen-bond acceptors (Lipinski definition) is 5. The zero-order chi connectivity index (χ0) is 32.8. The van der Waals surface area contributed by atoms with Crippen LogP contribution in [0, 0.1) is 0 Å². The van der Waals surface area contributed by atoms with E-state index in [1.54, 1.807) is 0 Å². The van der Waals surface area contributed by atoms with Crippen LogP contribution in [0.25, 0.3) is 110 Å². The third-order valence-corrected chi connectivity index (χ3v) is 9.91. The Morgan fingerprint density at radius 2 is 0.920 bits per heavy atom. The summed E-state index contributed by atoms with van der Waals surface area (Å²) in [5.41, 5.74) is 6.03. The summed E-state index contributed by atoms with van der Waals surface area (Å²) in [6.07, 6.45) is 0. The summed E-state index contributed by atoms with van der Waals surface area (Å²) in [5, 5.41) is 11.0. The molecule has 5 heteroatoms. The van der Waals surface area contributed by atoms with E-state index in [1.807, 2.05) is 42.5 Å². The fraction of sp³-hybridized carbons (Fsp3) is 0. The number of para-hydroxylation sites is 1. The van der Waals surface area contributed by atoms with Gasteiger partial charge in [-0.1, -0.05) is 109 Å². The van der Waals surface area contributed by atoms with Crippen LogP contribution in [0.15, 0.2) is 160 Å². The molecule has 0 saturated heterocycles. The van der Waals surface area contributed by atoms with Gasteiger partial charge in [0.15, 0.2) is 17.5 Å². The number of fused-ring (bicyclic) bond motifs is 11. The monoisotopic (exact) mass is 639 g/mol. The van der Waals surface area contributed by atoms with Crippen LogP contribution in [0.2, 0.25) is 0 Å². The SMILES string of the molecule is c1ccc2c(c1)cc(-c1nc(-c3ccc4oc5ccc6ccccc6c5c4c3)nc(-c3cccc4oc5ccccc5c34)n1)c1ccccc12. The lowest BCUT2D eigenvalue weighted by Crippen LogP contribution is -2.01. The van der Waals surface area contributed by atoms with Crippen molar-refractivity contribution in [1.29, 1.82) is 0 Å². The van der Waals surface area contributed by atoms with Crippen molar-refractivity contribution < 1.29 is 8.83 Å². The van der Waals surface area contributed by atoms with Crippen LogP contribution >= 0.6 is 0 Å². The van der Waals surface area contributed by atoms with E-state index in [2.05, 4.69) is 109 Å². The summed E-state index contributed by atoms with van der Waals surface area (Å²) in [4.78, 5) is 15.7. The van der Waals surface area contributed by atoms with Gasteiger partial charge in [0.2, 0.25) is 0 Å². The third-order valence-electron chi connectivity index (χ3n) is 9.91. The van der Waals surface area contributed by atoms with Gasteiger partial charge in [0.25, 0.3) is 0 Å². The normalized spacial score (nSPS) is 12.0. The molecule has 0 atom stereocenters. The van der Waals surface area contributed by atoms with Crippen molar-refractivity contribution in [2.45, 2.75) is 0 Å². The molecular weight excluding hydrogens is 615 g/mol. The molecule has 8 aromatic carbocycles. The number of hydrogen-bond donors (Lipinski definition) is 0. The molecule has 232 valence electrons. The average molecular weight is 640 g/mol. The molecule has 0 aliphatic carbocycles. The molecule has 50 heavy (non-hydrogen) atoms. The van der Waals surface area contributed by atoms with E-state index in [0.717, 1.165) is 82.1 Å². The molecule has 5 nitrogen and oxygen atoms in total. The smallest absolute Gasteiger partial charge is 0.164 e. The van der Waals surface area contributed by atoms with Crippen molar-refractivity contribution >= 4 is 76.2 Å². The first-order valence-electron chi connectivity index (χ1n) is 16.7. The quantitative estimate of drug-likeness (QED) is 0.180. The lowest BCUT2D eigenvalue weighted by molar-refractivity contribution is 0.668. The minimum absolute atomic E-state index is 0.585. The first-order valence-corrected chi connectivity index (χ1v) is 16.7. The first kappa shape index (κ1) is 27.1. The van der Waals surface area contributed by atoms with Crippen molar-refractivity contribution in [3.8, 4) is 34.2 Å². The van der Waals surface area contributed by atoms with Gasteiger partial charge in [0, 0.05) is 38.2 Å². The van der Waals surface area contributed by atoms with Gasteiger partial charge >= 0.3 is 0 Å². The predicted octanol–water partition coefficient (Wildman–Crippen LogP) is 12.1. The minimum Gasteiger partial charge on any atom is -0.456 e. The van der Waals surface area contributed by atoms with E-state index in [1.165, 1.54) is 10.8 Å². The Hall–Kier alpha value is -6.85. The molecule has 0 amide bonds.